The molecule has 0 fully saturated rings. The number of carbonyl (C=O) groups excluding carboxylic acids is 1. The van der Waals surface area contributed by atoms with Crippen LogP contribution in [0.25, 0.3) is 0 Å². The smallest absolute Gasteiger partial charge is 0.323 e. The molecule has 0 radical (unpaired) electrons. The molecule has 1 amide bonds. The maximum absolute atomic E-state index is 12.1. The number of hydrogen-bond acceptors (Lipinski definition) is 5. The van der Waals surface area contributed by atoms with Crippen LogP contribution in [0.2, 0.25) is 0 Å². The van der Waals surface area contributed by atoms with Crippen LogP contribution in [0.4, 0.5) is 5.69 Å². The van der Waals surface area contributed by atoms with Crippen molar-refractivity contribution in [1.82, 2.24) is 4.90 Å². The van der Waals surface area contributed by atoms with E-state index >= 15 is 0 Å². The van der Waals surface area contributed by atoms with E-state index in [0.29, 0.717) is 0 Å². The quantitative estimate of drug-likeness (QED) is 0.471. The van der Waals surface area contributed by atoms with Gasteiger partial charge in [0.1, 0.15) is 6.54 Å². The summed E-state index contributed by atoms with van der Waals surface area (Å²) in [6.07, 6.45) is 5.08. The van der Waals surface area contributed by atoms with Crippen LogP contribution in [0, 0.1) is 22.5 Å². The van der Waals surface area contributed by atoms with Crippen LogP contribution in [-0.2, 0) is 4.79 Å². The fourth-order valence-corrected chi connectivity index (χ4v) is 1.62. The van der Waals surface area contributed by atoms with E-state index in [4.69, 9.17) is 16.3 Å². The maximum Gasteiger partial charge on any atom is 0.323 e. The monoisotopic (exact) mass is 292 g/mol. The molecular formula is C13H12N2O6. The lowest BCUT2D eigenvalue weighted by atomic mass is 10.1. The number of amides is 1. The molecule has 0 heterocycles. The molecule has 8 nitrogen and oxygen atoms in total. The first kappa shape index (κ1) is 16.0. The van der Waals surface area contributed by atoms with Gasteiger partial charge in [-0.25, -0.2) is 0 Å². The molecule has 1 aromatic carbocycles. The number of nitrogens with zero attached hydrogens (tertiary/aromatic N) is 2. The summed E-state index contributed by atoms with van der Waals surface area (Å²) in [5.41, 5.74) is -0.432. The van der Waals surface area contributed by atoms with Gasteiger partial charge < -0.3 is 14.7 Å². The highest BCUT2D eigenvalue weighted by Crippen LogP contribution is 2.27. The van der Waals surface area contributed by atoms with Gasteiger partial charge in [0.15, 0.2) is 5.75 Å². The van der Waals surface area contributed by atoms with Gasteiger partial charge in [-0.05, 0) is 12.1 Å². The molecule has 0 unspecified atom stereocenters. The standard InChI is InChI=1S/C13H12N2O6/c1-3-6-14(8-12(16)17)13(18)9-4-5-11(21-2)10(7-9)15(19)20/h1,4-5,7H,6,8H2,2H3,(H,16,17). The van der Waals surface area contributed by atoms with Crippen molar-refractivity contribution in [3.8, 4) is 18.1 Å². The van der Waals surface area contributed by atoms with E-state index in [9.17, 15) is 19.7 Å². The van der Waals surface area contributed by atoms with E-state index in [1.807, 2.05) is 0 Å². The zero-order chi connectivity index (χ0) is 16.0. The van der Waals surface area contributed by atoms with Crippen molar-refractivity contribution in [1.29, 1.82) is 0 Å². The molecule has 110 valence electrons. The highest BCUT2D eigenvalue weighted by atomic mass is 16.6. The zero-order valence-electron chi connectivity index (χ0n) is 11.1. The number of methoxy groups -OCH3 is 1. The first-order valence-electron chi connectivity index (χ1n) is 5.67. The molecule has 0 spiro atoms. The summed E-state index contributed by atoms with van der Waals surface area (Å²) >= 11 is 0. The molecule has 0 saturated heterocycles. The van der Waals surface area contributed by atoms with Crippen molar-refractivity contribution in [3.63, 3.8) is 0 Å². The fourth-order valence-electron chi connectivity index (χ4n) is 1.62. The minimum absolute atomic E-state index is 0.00159. The SMILES string of the molecule is C#CCN(CC(=O)O)C(=O)c1ccc(OC)c([N+](=O)[O-])c1. The van der Waals surface area contributed by atoms with Gasteiger partial charge in [0.25, 0.3) is 5.91 Å². The third-order valence-corrected chi connectivity index (χ3v) is 2.52. The number of carboxylic acid groups (broad SMARTS) is 1. The summed E-state index contributed by atoms with van der Waals surface area (Å²) in [7, 11) is 1.26. The Labute approximate surface area is 120 Å². The van der Waals surface area contributed by atoms with Crippen LogP contribution >= 0.6 is 0 Å². The van der Waals surface area contributed by atoms with E-state index in [0.717, 1.165) is 11.0 Å². The first-order chi connectivity index (χ1) is 9.90. The van der Waals surface area contributed by atoms with Gasteiger partial charge >= 0.3 is 11.7 Å². The number of terminal acetylenes is 1. The normalized spacial score (nSPS) is 9.52. The number of nitro groups is 1. The number of rotatable bonds is 6. The molecule has 1 rings (SSSR count). The van der Waals surface area contributed by atoms with Crippen molar-refractivity contribution in [2.75, 3.05) is 20.2 Å². The number of hydrogen-bond donors (Lipinski definition) is 1. The van der Waals surface area contributed by atoms with E-state index in [2.05, 4.69) is 5.92 Å². The minimum Gasteiger partial charge on any atom is -0.490 e. The topological polar surface area (TPSA) is 110 Å². The molecule has 0 atom stereocenters. The molecule has 0 aromatic heterocycles. The fraction of sp³-hybridized carbons (Fsp3) is 0.231. The number of aliphatic carboxylic acids is 1. The van der Waals surface area contributed by atoms with Gasteiger partial charge in [-0.3, -0.25) is 19.7 Å². The van der Waals surface area contributed by atoms with Crippen LogP contribution in [-0.4, -0.2) is 47.0 Å². The van der Waals surface area contributed by atoms with Crippen molar-refractivity contribution in [2.45, 2.75) is 0 Å². The second-order valence-corrected chi connectivity index (χ2v) is 3.90. The summed E-state index contributed by atoms with van der Waals surface area (Å²) in [4.78, 5) is 34.0. The average Bonchev–Trinajstić information content (AvgIpc) is 2.44. The maximum atomic E-state index is 12.1. The Morgan fingerprint density at radius 1 is 1.52 bits per heavy atom. The molecule has 0 saturated carbocycles. The third-order valence-electron chi connectivity index (χ3n) is 2.52. The largest absolute Gasteiger partial charge is 0.490 e. The van der Waals surface area contributed by atoms with Crippen molar-refractivity contribution >= 4 is 17.6 Å². The van der Waals surface area contributed by atoms with Crippen molar-refractivity contribution in [3.05, 3.63) is 33.9 Å². The highest BCUT2D eigenvalue weighted by Gasteiger charge is 2.22. The van der Waals surface area contributed by atoms with Gasteiger partial charge in [-0.2, -0.15) is 0 Å². The predicted molar refractivity (Wildman–Crippen MR) is 72.0 cm³/mol. The number of ether oxygens (including phenoxy) is 1. The molecule has 1 aromatic rings. The molecule has 8 heteroatoms. The van der Waals surface area contributed by atoms with Crippen LogP contribution in [0.1, 0.15) is 10.4 Å². The molecule has 0 bridgehead atoms. The van der Waals surface area contributed by atoms with E-state index in [-0.39, 0.29) is 23.5 Å². The summed E-state index contributed by atoms with van der Waals surface area (Å²) in [5.74, 6) is 0.223. The lowest BCUT2D eigenvalue weighted by molar-refractivity contribution is -0.385. The van der Waals surface area contributed by atoms with E-state index in [1.165, 1.54) is 19.2 Å². The van der Waals surface area contributed by atoms with E-state index < -0.39 is 23.3 Å². The summed E-state index contributed by atoms with van der Waals surface area (Å²) in [5, 5.41) is 19.6. The second kappa shape index (κ2) is 6.91. The Kier molecular flexibility index (Phi) is 5.25. The number of benzene rings is 1. The molecule has 0 aliphatic rings. The lowest BCUT2D eigenvalue weighted by Gasteiger charge is -2.18. The Balaban J connectivity index is 3.16. The molecule has 0 aliphatic heterocycles. The highest BCUT2D eigenvalue weighted by molar-refractivity contribution is 5.96. The van der Waals surface area contributed by atoms with Gasteiger partial charge in [-0.15, -0.1) is 6.42 Å². The molecule has 21 heavy (non-hydrogen) atoms. The zero-order valence-corrected chi connectivity index (χ0v) is 11.1. The Morgan fingerprint density at radius 2 is 2.19 bits per heavy atom. The predicted octanol–water partition coefficient (Wildman–Crippen LogP) is 0.763. The van der Waals surface area contributed by atoms with Crippen LogP contribution < -0.4 is 4.74 Å². The van der Waals surface area contributed by atoms with Crippen molar-refractivity contribution in [2.24, 2.45) is 0 Å². The van der Waals surface area contributed by atoms with Gasteiger partial charge in [0.2, 0.25) is 0 Å². The molecule has 0 aliphatic carbocycles. The first-order valence-corrected chi connectivity index (χ1v) is 5.67. The Morgan fingerprint density at radius 3 is 2.67 bits per heavy atom. The average molecular weight is 292 g/mol. The number of carboxylic acids is 1. The Bertz CT molecular complexity index is 620. The Hall–Kier alpha value is -3.08. The summed E-state index contributed by atoms with van der Waals surface area (Å²) < 4.78 is 4.82. The minimum atomic E-state index is -1.23. The van der Waals surface area contributed by atoms with Crippen LogP contribution in [0.5, 0.6) is 5.75 Å². The van der Waals surface area contributed by atoms with E-state index in [1.54, 1.807) is 0 Å². The molecule has 1 N–H and O–H groups in total. The number of carbonyl (C=O) groups is 2. The third kappa shape index (κ3) is 3.94. The second-order valence-electron chi connectivity index (χ2n) is 3.90. The van der Waals surface area contributed by atoms with Crippen molar-refractivity contribution < 1.29 is 24.4 Å². The van der Waals surface area contributed by atoms with Gasteiger partial charge in [-0.1, -0.05) is 5.92 Å². The van der Waals surface area contributed by atoms with Crippen LogP contribution in [0.15, 0.2) is 18.2 Å². The summed E-state index contributed by atoms with van der Waals surface area (Å²) in [6.45, 7) is -0.812. The number of nitro benzene ring substituents is 1. The van der Waals surface area contributed by atoms with Gasteiger partial charge in [0.05, 0.1) is 18.6 Å². The molecular weight excluding hydrogens is 280 g/mol. The lowest BCUT2D eigenvalue weighted by Crippen LogP contribution is -2.36. The van der Waals surface area contributed by atoms with Crippen LogP contribution in [0.3, 0.4) is 0 Å². The van der Waals surface area contributed by atoms with Gasteiger partial charge in [0, 0.05) is 11.6 Å². The summed E-state index contributed by atoms with van der Waals surface area (Å²) in [6, 6.07) is 3.59.